The number of aryl methyl sites for hydroxylation is 1. The van der Waals surface area contributed by atoms with E-state index in [9.17, 15) is 0 Å². The van der Waals surface area contributed by atoms with Crippen molar-refractivity contribution in [3.8, 4) is 11.5 Å². The molecule has 0 spiro atoms. The quantitative estimate of drug-likeness (QED) is 0.943. The first-order chi connectivity index (χ1) is 9.69. The van der Waals surface area contributed by atoms with Crippen LogP contribution in [0.5, 0.6) is 11.5 Å². The molecule has 20 heavy (non-hydrogen) atoms. The number of nitrogens with two attached hydrogens (primary N) is 1. The number of benzene rings is 1. The third kappa shape index (κ3) is 2.37. The number of halogens is 1. The molecule has 1 aliphatic heterocycles. The minimum atomic E-state index is -0.418. The van der Waals surface area contributed by atoms with Gasteiger partial charge in [0.05, 0.1) is 6.04 Å². The van der Waals surface area contributed by atoms with Crippen LogP contribution in [-0.4, -0.2) is 13.2 Å². The molecule has 2 aromatic rings. The van der Waals surface area contributed by atoms with Gasteiger partial charge in [0.1, 0.15) is 24.7 Å². The van der Waals surface area contributed by atoms with Crippen molar-refractivity contribution in [3.05, 3.63) is 46.4 Å². The van der Waals surface area contributed by atoms with E-state index in [0.29, 0.717) is 35.5 Å². The standard InChI is InChI=1S/C15H16ClNO3/c1-2-9-3-4-12(20-9)15(17)10-7-13-14(8-11(10)16)19-6-5-18-13/h3-4,7-8,15H,2,5-6,17H2,1H3. The van der Waals surface area contributed by atoms with Crippen LogP contribution in [0, 0.1) is 0 Å². The monoisotopic (exact) mass is 293 g/mol. The number of furan rings is 1. The summed E-state index contributed by atoms with van der Waals surface area (Å²) in [4.78, 5) is 0. The van der Waals surface area contributed by atoms with E-state index in [1.807, 2.05) is 25.1 Å². The molecule has 1 aliphatic rings. The summed E-state index contributed by atoms with van der Waals surface area (Å²) in [6, 6.07) is 6.97. The average Bonchev–Trinajstić information content (AvgIpc) is 2.94. The van der Waals surface area contributed by atoms with E-state index in [4.69, 9.17) is 31.2 Å². The third-order valence-corrected chi connectivity index (χ3v) is 3.66. The lowest BCUT2D eigenvalue weighted by atomic mass is 10.0. The Morgan fingerprint density at radius 3 is 2.55 bits per heavy atom. The maximum Gasteiger partial charge on any atom is 0.162 e. The molecular weight excluding hydrogens is 278 g/mol. The molecule has 0 amide bonds. The summed E-state index contributed by atoms with van der Waals surface area (Å²) in [6.07, 6.45) is 0.835. The molecule has 1 atom stereocenters. The molecule has 4 nitrogen and oxygen atoms in total. The Morgan fingerprint density at radius 2 is 1.90 bits per heavy atom. The van der Waals surface area contributed by atoms with Crippen LogP contribution in [0.3, 0.4) is 0 Å². The first-order valence-corrected chi connectivity index (χ1v) is 7.00. The van der Waals surface area contributed by atoms with E-state index in [0.717, 1.165) is 17.7 Å². The molecule has 0 aliphatic carbocycles. The maximum atomic E-state index is 6.29. The summed E-state index contributed by atoms with van der Waals surface area (Å²) in [5.74, 6) is 2.93. The molecule has 0 fully saturated rings. The Morgan fingerprint density at radius 1 is 1.20 bits per heavy atom. The van der Waals surface area contributed by atoms with Crippen molar-refractivity contribution in [1.29, 1.82) is 0 Å². The Hall–Kier alpha value is -1.65. The van der Waals surface area contributed by atoms with Crippen molar-refractivity contribution in [1.82, 2.24) is 0 Å². The molecule has 5 heteroatoms. The fraction of sp³-hybridized carbons (Fsp3) is 0.333. The Bertz CT molecular complexity index is 624. The smallest absolute Gasteiger partial charge is 0.162 e. The summed E-state index contributed by atoms with van der Waals surface area (Å²) >= 11 is 6.29. The Kier molecular flexibility index (Phi) is 3.59. The molecular formula is C15H16ClNO3. The molecule has 0 saturated heterocycles. The van der Waals surface area contributed by atoms with Gasteiger partial charge in [-0.05, 0) is 23.8 Å². The van der Waals surface area contributed by atoms with Crippen LogP contribution in [0.15, 0.2) is 28.7 Å². The molecule has 106 valence electrons. The van der Waals surface area contributed by atoms with Gasteiger partial charge in [0.15, 0.2) is 11.5 Å². The van der Waals surface area contributed by atoms with Crippen molar-refractivity contribution >= 4 is 11.6 Å². The topological polar surface area (TPSA) is 57.6 Å². The predicted octanol–water partition coefficient (Wildman–Crippen LogP) is 3.31. The summed E-state index contributed by atoms with van der Waals surface area (Å²) in [5, 5.41) is 0.552. The van der Waals surface area contributed by atoms with Crippen molar-refractivity contribution in [2.45, 2.75) is 19.4 Å². The van der Waals surface area contributed by atoms with E-state index in [2.05, 4.69) is 0 Å². The molecule has 0 radical (unpaired) electrons. The van der Waals surface area contributed by atoms with Crippen LogP contribution in [0.25, 0.3) is 0 Å². The number of hydrogen-bond acceptors (Lipinski definition) is 4. The largest absolute Gasteiger partial charge is 0.486 e. The highest BCUT2D eigenvalue weighted by Gasteiger charge is 2.21. The van der Waals surface area contributed by atoms with E-state index in [1.165, 1.54) is 0 Å². The number of ether oxygens (including phenoxy) is 2. The summed E-state index contributed by atoms with van der Waals surface area (Å²) in [7, 11) is 0. The zero-order valence-electron chi connectivity index (χ0n) is 11.2. The lowest BCUT2D eigenvalue weighted by molar-refractivity contribution is 0.171. The van der Waals surface area contributed by atoms with Gasteiger partial charge < -0.3 is 19.6 Å². The molecule has 1 unspecified atom stereocenters. The van der Waals surface area contributed by atoms with Gasteiger partial charge in [-0.1, -0.05) is 18.5 Å². The van der Waals surface area contributed by atoms with E-state index in [1.54, 1.807) is 6.07 Å². The van der Waals surface area contributed by atoms with Crippen LogP contribution < -0.4 is 15.2 Å². The second-order valence-electron chi connectivity index (χ2n) is 4.65. The summed E-state index contributed by atoms with van der Waals surface area (Å²) in [6.45, 7) is 3.10. The second kappa shape index (κ2) is 5.38. The average molecular weight is 294 g/mol. The molecule has 0 bridgehead atoms. The van der Waals surface area contributed by atoms with Crippen LogP contribution in [0.1, 0.15) is 30.0 Å². The first kappa shape index (κ1) is 13.3. The van der Waals surface area contributed by atoms with Gasteiger partial charge in [-0.25, -0.2) is 0 Å². The highest BCUT2D eigenvalue weighted by Crippen LogP contribution is 2.38. The lowest BCUT2D eigenvalue weighted by Crippen LogP contribution is -2.17. The highest BCUT2D eigenvalue weighted by atomic mass is 35.5. The van der Waals surface area contributed by atoms with Crippen molar-refractivity contribution in [2.75, 3.05) is 13.2 Å². The minimum absolute atomic E-state index is 0.418. The molecule has 0 saturated carbocycles. The predicted molar refractivity (Wildman–Crippen MR) is 76.6 cm³/mol. The minimum Gasteiger partial charge on any atom is -0.486 e. The fourth-order valence-corrected chi connectivity index (χ4v) is 2.49. The second-order valence-corrected chi connectivity index (χ2v) is 5.06. The van der Waals surface area contributed by atoms with Gasteiger partial charge in [-0.2, -0.15) is 0 Å². The van der Waals surface area contributed by atoms with Gasteiger partial charge in [-0.3, -0.25) is 0 Å². The maximum absolute atomic E-state index is 6.29. The Labute approximate surface area is 122 Å². The van der Waals surface area contributed by atoms with Crippen LogP contribution in [-0.2, 0) is 6.42 Å². The lowest BCUT2D eigenvalue weighted by Gasteiger charge is -2.21. The van der Waals surface area contributed by atoms with Crippen LogP contribution in [0.2, 0.25) is 5.02 Å². The van der Waals surface area contributed by atoms with E-state index >= 15 is 0 Å². The zero-order chi connectivity index (χ0) is 14.1. The van der Waals surface area contributed by atoms with Gasteiger partial charge >= 0.3 is 0 Å². The van der Waals surface area contributed by atoms with Gasteiger partial charge in [0.25, 0.3) is 0 Å². The zero-order valence-corrected chi connectivity index (χ0v) is 11.9. The molecule has 1 aromatic heterocycles. The van der Waals surface area contributed by atoms with Crippen molar-refractivity contribution < 1.29 is 13.9 Å². The van der Waals surface area contributed by atoms with Gasteiger partial charge in [-0.15, -0.1) is 0 Å². The van der Waals surface area contributed by atoms with Crippen molar-refractivity contribution in [3.63, 3.8) is 0 Å². The highest BCUT2D eigenvalue weighted by molar-refractivity contribution is 6.31. The van der Waals surface area contributed by atoms with E-state index in [-0.39, 0.29) is 0 Å². The summed E-state index contributed by atoms with van der Waals surface area (Å²) in [5.41, 5.74) is 7.01. The molecule has 1 aromatic carbocycles. The molecule has 3 rings (SSSR count). The number of fused-ring (bicyclic) bond motifs is 1. The number of hydrogen-bond donors (Lipinski definition) is 1. The SMILES string of the molecule is CCc1ccc(C(N)c2cc3c(cc2Cl)OCCO3)o1. The van der Waals surface area contributed by atoms with Crippen LogP contribution >= 0.6 is 11.6 Å². The molecule has 2 heterocycles. The molecule has 2 N–H and O–H groups in total. The van der Waals surface area contributed by atoms with Gasteiger partial charge in [0, 0.05) is 17.5 Å². The van der Waals surface area contributed by atoms with Crippen LogP contribution in [0.4, 0.5) is 0 Å². The van der Waals surface area contributed by atoms with Crippen molar-refractivity contribution in [2.24, 2.45) is 5.73 Å². The summed E-state index contributed by atoms with van der Waals surface area (Å²) < 4.78 is 16.7. The Balaban J connectivity index is 1.96. The van der Waals surface area contributed by atoms with E-state index < -0.39 is 6.04 Å². The third-order valence-electron chi connectivity index (χ3n) is 3.33. The first-order valence-electron chi connectivity index (χ1n) is 6.62. The number of rotatable bonds is 3. The van der Waals surface area contributed by atoms with Gasteiger partial charge in [0.2, 0.25) is 0 Å². The fourth-order valence-electron chi connectivity index (χ4n) is 2.22. The normalized spacial score (nSPS) is 15.2.